The topological polar surface area (TPSA) is 120 Å². The molecule has 4 N–H and O–H groups in total. The highest BCUT2D eigenvalue weighted by atomic mass is 35.5. The zero-order valence-electron chi connectivity index (χ0n) is 20.8. The molecule has 0 radical (unpaired) electrons. The molecule has 31 heavy (non-hydrogen) atoms. The molecule has 0 saturated carbocycles. The van der Waals surface area contributed by atoms with Crippen LogP contribution in [-0.2, 0) is 14.2 Å². The second-order valence-electron chi connectivity index (χ2n) is 9.23. The van der Waals surface area contributed by atoms with Gasteiger partial charge in [0.05, 0.1) is 6.61 Å². The molecule has 1 aliphatic rings. The van der Waals surface area contributed by atoms with Crippen molar-refractivity contribution in [3.63, 3.8) is 0 Å². The third kappa shape index (κ3) is 20.4. The summed E-state index contributed by atoms with van der Waals surface area (Å²) in [5, 5.41) is 11.8. The number of amides is 1. The zero-order valence-corrected chi connectivity index (χ0v) is 21.6. The Balaban J connectivity index is -0.000000430. The summed E-state index contributed by atoms with van der Waals surface area (Å²) in [6.07, 6.45) is 3.00. The Labute approximate surface area is 195 Å². The number of alkyl carbamates (subject to hydrolysis) is 1. The van der Waals surface area contributed by atoms with Crippen molar-refractivity contribution >= 4 is 24.7 Å². The molecule has 0 aromatic carbocycles. The van der Waals surface area contributed by atoms with Crippen molar-refractivity contribution < 1.29 is 28.9 Å². The lowest BCUT2D eigenvalue weighted by molar-refractivity contribution is -0.0554. The third-order valence-corrected chi connectivity index (χ3v) is 4.12. The normalized spacial score (nSPS) is 16.2. The number of cyclic esters (lactones) is 2. The van der Waals surface area contributed by atoms with Gasteiger partial charge < -0.3 is 30.4 Å². The molecule has 0 aliphatic carbocycles. The van der Waals surface area contributed by atoms with Gasteiger partial charge in [-0.1, -0.05) is 54.4 Å². The predicted molar refractivity (Wildman–Crippen MR) is 127 cm³/mol. The molecule has 0 aromatic rings. The first-order valence-electron chi connectivity index (χ1n) is 10.9. The van der Waals surface area contributed by atoms with E-state index in [9.17, 15) is 14.7 Å². The second kappa shape index (κ2) is 18.3. The highest BCUT2D eigenvalue weighted by molar-refractivity contribution is 5.85. The Morgan fingerprint density at radius 1 is 1.23 bits per heavy atom. The van der Waals surface area contributed by atoms with E-state index < -0.39 is 12.2 Å². The summed E-state index contributed by atoms with van der Waals surface area (Å²) < 4.78 is 14.6. The number of rotatable bonds is 8. The number of carbonyl (C=O) groups excluding carboxylic acids is 2. The van der Waals surface area contributed by atoms with Crippen LogP contribution in [0.2, 0.25) is 0 Å². The highest BCUT2D eigenvalue weighted by Gasteiger charge is 2.31. The number of nitrogens with one attached hydrogen (secondary N) is 1. The number of hydrogen-bond donors (Lipinski definition) is 3. The number of ether oxygens (including phenoxy) is 3. The van der Waals surface area contributed by atoms with Crippen molar-refractivity contribution in [1.29, 1.82) is 0 Å². The molecule has 0 bridgehead atoms. The van der Waals surface area contributed by atoms with Crippen molar-refractivity contribution in [3.8, 4) is 0 Å². The average molecular weight is 471 g/mol. The molecular formula is C22H47ClN2O6. The fourth-order valence-corrected chi connectivity index (χ4v) is 2.62. The van der Waals surface area contributed by atoms with Crippen LogP contribution in [0.5, 0.6) is 0 Å². The highest BCUT2D eigenvalue weighted by Crippen LogP contribution is 2.27. The van der Waals surface area contributed by atoms with Crippen LogP contribution in [0, 0.1) is 10.8 Å². The molecule has 0 aromatic heterocycles. The fourth-order valence-electron chi connectivity index (χ4n) is 2.62. The van der Waals surface area contributed by atoms with E-state index in [4.69, 9.17) is 19.9 Å². The minimum atomic E-state index is -0.529. The molecular weight excluding hydrogens is 424 g/mol. The van der Waals surface area contributed by atoms with Gasteiger partial charge in [0.2, 0.25) is 0 Å². The van der Waals surface area contributed by atoms with Crippen molar-refractivity contribution in [2.45, 2.75) is 93.2 Å². The summed E-state index contributed by atoms with van der Waals surface area (Å²) >= 11 is 0. The van der Waals surface area contributed by atoms with E-state index in [1.165, 1.54) is 0 Å². The number of aliphatic hydroxyl groups is 1. The van der Waals surface area contributed by atoms with Crippen molar-refractivity contribution in [1.82, 2.24) is 5.32 Å². The van der Waals surface area contributed by atoms with E-state index in [1.54, 1.807) is 0 Å². The molecule has 1 rings (SSSR count). The lowest BCUT2D eigenvalue weighted by Gasteiger charge is -2.31. The molecule has 0 spiro atoms. The molecule has 1 saturated heterocycles. The first kappa shape index (κ1) is 34.4. The number of hydrogen-bond acceptors (Lipinski definition) is 7. The Morgan fingerprint density at radius 2 is 1.71 bits per heavy atom. The maximum absolute atomic E-state index is 11.2. The van der Waals surface area contributed by atoms with Gasteiger partial charge in [-0.25, -0.2) is 9.59 Å². The van der Waals surface area contributed by atoms with Gasteiger partial charge in [-0.15, -0.1) is 12.4 Å². The fraction of sp³-hybridized carbons (Fsp3) is 0.909. The van der Waals surface area contributed by atoms with E-state index in [1.807, 2.05) is 41.5 Å². The van der Waals surface area contributed by atoms with E-state index >= 15 is 0 Å². The minimum Gasteiger partial charge on any atom is -0.449 e. The summed E-state index contributed by atoms with van der Waals surface area (Å²) in [5.74, 6) is 0. The first-order valence-corrected chi connectivity index (χ1v) is 10.9. The van der Waals surface area contributed by atoms with Gasteiger partial charge in [0.25, 0.3) is 0 Å². The van der Waals surface area contributed by atoms with Gasteiger partial charge in [-0.05, 0) is 32.7 Å². The molecule has 188 valence electrons. The maximum Gasteiger partial charge on any atom is 0.508 e. The van der Waals surface area contributed by atoms with Gasteiger partial charge in [-0.3, -0.25) is 0 Å². The zero-order chi connectivity index (χ0) is 23.8. The monoisotopic (exact) mass is 470 g/mol. The van der Waals surface area contributed by atoms with Crippen LogP contribution in [0.1, 0.15) is 81.1 Å². The van der Waals surface area contributed by atoms with Crippen LogP contribution in [0.4, 0.5) is 9.59 Å². The summed E-state index contributed by atoms with van der Waals surface area (Å²) in [6.45, 7) is 17.1. The third-order valence-electron chi connectivity index (χ3n) is 4.12. The lowest BCUT2D eigenvalue weighted by atomic mass is 9.87. The number of aliphatic hydroxyl groups excluding tert-OH is 1. The van der Waals surface area contributed by atoms with Crippen LogP contribution in [0.15, 0.2) is 0 Å². The Morgan fingerprint density at radius 3 is 2.06 bits per heavy atom. The molecule has 8 nitrogen and oxygen atoms in total. The largest absolute Gasteiger partial charge is 0.508 e. The summed E-state index contributed by atoms with van der Waals surface area (Å²) in [6, 6.07) is 0.407. The quantitative estimate of drug-likeness (QED) is 0.441. The average Bonchev–Trinajstić information content (AvgIpc) is 2.63. The Kier molecular flexibility index (Phi) is 20.3. The molecule has 1 heterocycles. The molecule has 1 aliphatic heterocycles. The van der Waals surface area contributed by atoms with Crippen molar-refractivity contribution in [2.24, 2.45) is 16.6 Å². The van der Waals surface area contributed by atoms with Gasteiger partial charge >= 0.3 is 12.2 Å². The summed E-state index contributed by atoms with van der Waals surface area (Å²) in [4.78, 5) is 21.7. The van der Waals surface area contributed by atoms with Gasteiger partial charge in [0, 0.05) is 16.9 Å². The van der Waals surface area contributed by atoms with Gasteiger partial charge in [-0.2, -0.15) is 0 Å². The number of nitrogens with two attached hydrogens (primary N) is 1. The van der Waals surface area contributed by atoms with Gasteiger partial charge in [0.15, 0.2) is 0 Å². The van der Waals surface area contributed by atoms with Gasteiger partial charge in [0.1, 0.15) is 19.8 Å². The van der Waals surface area contributed by atoms with Crippen LogP contribution in [0.3, 0.4) is 0 Å². The maximum atomic E-state index is 11.2. The van der Waals surface area contributed by atoms with E-state index in [2.05, 4.69) is 19.2 Å². The van der Waals surface area contributed by atoms with E-state index in [0.717, 1.165) is 25.7 Å². The molecule has 9 heteroatoms. The predicted octanol–water partition coefficient (Wildman–Crippen LogP) is 4.65. The SMILES string of the molecule is CC(C)N.CCCC(C)(CO)COC(=O)NC(C)C.CCCC1(C)COC(=O)OC1.Cl. The Bertz CT molecular complexity index is 464. The van der Waals surface area contributed by atoms with E-state index in [-0.39, 0.29) is 42.5 Å². The molecule has 1 unspecified atom stereocenters. The summed E-state index contributed by atoms with van der Waals surface area (Å²) in [5.41, 5.74) is 4.84. The van der Waals surface area contributed by atoms with Crippen LogP contribution in [0.25, 0.3) is 0 Å². The summed E-state index contributed by atoms with van der Waals surface area (Å²) in [7, 11) is 0. The van der Waals surface area contributed by atoms with E-state index in [0.29, 0.717) is 19.3 Å². The van der Waals surface area contributed by atoms with Crippen LogP contribution < -0.4 is 11.1 Å². The standard InChI is InChI=1S/C11H23NO3.C8H14O3.C3H9N.ClH/c1-5-6-11(4,7-13)8-15-10(14)12-9(2)3;1-3-4-8(2)5-10-7(9)11-6-8;1-3(2)4;/h9,13H,5-8H2,1-4H3,(H,12,14);3-6H2,1-2H3;3H,4H2,1-2H3;1H. The van der Waals surface area contributed by atoms with Crippen molar-refractivity contribution in [3.05, 3.63) is 0 Å². The second-order valence-corrected chi connectivity index (χ2v) is 9.23. The minimum absolute atomic E-state index is 0. The molecule has 1 fully saturated rings. The molecule has 1 atom stereocenters. The smallest absolute Gasteiger partial charge is 0.449 e. The van der Waals surface area contributed by atoms with Crippen molar-refractivity contribution in [2.75, 3.05) is 26.4 Å². The van der Waals surface area contributed by atoms with Crippen LogP contribution in [-0.4, -0.2) is 55.9 Å². The first-order chi connectivity index (χ1) is 13.8. The molecule has 1 amide bonds. The van der Waals surface area contributed by atoms with Crippen LogP contribution >= 0.6 is 12.4 Å². The number of halogens is 1. The number of carbonyl (C=O) groups is 2. The lowest BCUT2D eigenvalue weighted by Crippen LogP contribution is -2.36. The Hall–Kier alpha value is -1.25.